The molecule has 2 N–H and O–H groups in total. The van der Waals surface area contributed by atoms with Crippen LogP contribution in [0, 0.1) is 0 Å². The summed E-state index contributed by atoms with van der Waals surface area (Å²) in [5.74, 6) is 0. The molecule has 1 unspecified atom stereocenters. The molecular formula is C16H23NO. The molecular weight excluding hydrogens is 222 g/mol. The Bertz CT molecular complexity index is 404. The van der Waals surface area contributed by atoms with Crippen LogP contribution in [0.1, 0.15) is 55.7 Å². The first-order chi connectivity index (χ1) is 8.84. The summed E-state index contributed by atoms with van der Waals surface area (Å²) < 4.78 is 0. The van der Waals surface area contributed by atoms with Crippen molar-refractivity contribution in [3.8, 4) is 0 Å². The van der Waals surface area contributed by atoms with Crippen molar-refractivity contribution in [3.05, 3.63) is 35.4 Å². The molecule has 3 rings (SSSR count). The zero-order valence-corrected chi connectivity index (χ0v) is 10.9. The molecule has 0 heterocycles. The van der Waals surface area contributed by atoms with Gasteiger partial charge in [-0.3, -0.25) is 0 Å². The molecule has 0 amide bonds. The molecule has 1 saturated carbocycles. The first-order valence-electron chi connectivity index (χ1n) is 7.36. The normalized spacial score (nSPS) is 31.9. The molecule has 0 aliphatic heterocycles. The van der Waals surface area contributed by atoms with Crippen LogP contribution >= 0.6 is 0 Å². The van der Waals surface area contributed by atoms with E-state index in [-0.39, 0.29) is 6.10 Å². The molecule has 2 aliphatic carbocycles. The molecule has 0 saturated heterocycles. The number of nitrogens with one attached hydrogen (secondary N) is 1. The lowest BCUT2D eigenvalue weighted by Crippen LogP contribution is -2.44. The summed E-state index contributed by atoms with van der Waals surface area (Å²) in [6.07, 6.45) is 8.06. The number of hydrogen-bond donors (Lipinski definition) is 2. The Morgan fingerprint density at radius 1 is 1.00 bits per heavy atom. The van der Waals surface area contributed by atoms with E-state index in [9.17, 15) is 5.11 Å². The van der Waals surface area contributed by atoms with Crippen LogP contribution in [0.5, 0.6) is 0 Å². The standard InChI is InChI=1S/C16H23NO/c18-16-11-4-3-9-15(16)17-14-10-5-7-12-6-1-2-8-13(12)14/h1-2,6,8,14-18H,3-5,7,9-11H2/t14?,15-,16-/m1/s1. The quantitative estimate of drug-likeness (QED) is 0.839. The molecule has 1 aromatic carbocycles. The van der Waals surface area contributed by atoms with Gasteiger partial charge in [0.25, 0.3) is 0 Å². The van der Waals surface area contributed by atoms with E-state index in [0.29, 0.717) is 12.1 Å². The summed E-state index contributed by atoms with van der Waals surface area (Å²) in [6, 6.07) is 9.52. The van der Waals surface area contributed by atoms with Gasteiger partial charge in [-0.1, -0.05) is 37.1 Å². The van der Waals surface area contributed by atoms with E-state index in [1.807, 2.05) is 0 Å². The summed E-state index contributed by atoms with van der Waals surface area (Å²) in [6.45, 7) is 0. The Morgan fingerprint density at radius 2 is 1.83 bits per heavy atom. The molecule has 3 atom stereocenters. The van der Waals surface area contributed by atoms with Crippen molar-refractivity contribution in [2.24, 2.45) is 0 Å². The van der Waals surface area contributed by atoms with Gasteiger partial charge in [0.05, 0.1) is 6.10 Å². The molecule has 18 heavy (non-hydrogen) atoms. The Balaban J connectivity index is 1.73. The van der Waals surface area contributed by atoms with Crippen LogP contribution in [0.3, 0.4) is 0 Å². The second-order valence-corrected chi connectivity index (χ2v) is 5.77. The minimum atomic E-state index is -0.146. The van der Waals surface area contributed by atoms with Crippen LogP contribution in [0.2, 0.25) is 0 Å². The Kier molecular flexibility index (Phi) is 3.67. The lowest BCUT2D eigenvalue weighted by molar-refractivity contribution is 0.0834. The van der Waals surface area contributed by atoms with E-state index in [0.717, 1.165) is 12.8 Å². The molecule has 0 aromatic heterocycles. The zero-order valence-electron chi connectivity index (χ0n) is 10.9. The zero-order chi connectivity index (χ0) is 12.4. The fraction of sp³-hybridized carbons (Fsp3) is 0.625. The summed E-state index contributed by atoms with van der Waals surface area (Å²) in [7, 11) is 0. The highest BCUT2D eigenvalue weighted by Crippen LogP contribution is 2.31. The third-order valence-corrected chi connectivity index (χ3v) is 4.51. The minimum Gasteiger partial charge on any atom is -0.392 e. The Hall–Kier alpha value is -0.860. The van der Waals surface area contributed by atoms with Gasteiger partial charge in [0, 0.05) is 12.1 Å². The van der Waals surface area contributed by atoms with E-state index >= 15 is 0 Å². The van der Waals surface area contributed by atoms with Crippen LogP contribution in [0.4, 0.5) is 0 Å². The lowest BCUT2D eigenvalue weighted by atomic mass is 9.85. The average molecular weight is 245 g/mol. The second-order valence-electron chi connectivity index (χ2n) is 5.77. The highest BCUT2D eigenvalue weighted by molar-refractivity contribution is 5.32. The summed E-state index contributed by atoms with van der Waals surface area (Å²) in [5, 5.41) is 13.8. The summed E-state index contributed by atoms with van der Waals surface area (Å²) >= 11 is 0. The van der Waals surface area contributed by atoms with Gasteiger partial charge in [0.1, 0.15) is 0 Å². The predicted molar refractivity (Wildman–Crippen MR) is 73.5 cm³/mol. The lowest BCUT2D eigenvalue weighted by Gasteiger charge is -2.35. The molecule has 0 radical (unpaired) electrons. The minimum absolute atomic E-state index is 0.146. The number of aryl methyl sites for hydroxylation is 1. The molecule has 2 aliphatic rings. The van der Waals surface area contributed by atoms with Crippen LogP contribution in [-0.2, 0) is 6.42 Å². The highest BCUT2D eigenvalue weighted by atomic mass is 16.3. The molecule has 0 bridgehead atoms. The smallest absolute Gasteiger partial charge is 0.0693 e. The Morgan fingerprint density at radius 3 is 2.72 bits per heavy atom. The maximum absolute atomic E-state index is 10.1. The molecule has 1 aromatic rings. The second kappa shape index (κ2) is 5.41. The Labute approximate surface area is 109 Å². The largest absolute Gasteiger partial charge is 0.392 e. The maximum atomic E-state index is 10.1. The predicted octanol–water partition coefficient (Wildman–Crippen LogP) is 2.96. The molecule has 2 heteroatoms. The number of hydrogen-bond acceptors (Lipinski definition) is 2. The SMILES string of the molecule is O[C@@H]1CCCC[C@H]1NC1CCCc2ccccc21. The van der Waals surface area contributed by atoms with Crippen LogP contribution in [0.25, 0.3) is 0 Å². The monoisotopic (exact) mass is 245 g/mol. The number of aliphatic hydroxyl groups excluding tert-OH is 1. The van der Waals surface area contributed by atoms with E-state index in [2.05, 4.69) is 29.6 Å². The van der Waals surface area contributed by atoms with Gasteiger partial charge in [0.2, 0.25) is 0 Å². The van der Waals surface area contributed by atoms with Gasteiger partial charge in [0.15, 0.2) is 0 Å². The molecule has 0 spiro atoms. The van der Waals surface area contributed by atoms with Crippen LogP contribution in [0.15, 0.2) is 24.3 Å². The van der Waals surface area contributed by atoms with E-state index in [1.54, 1.807) is 0 Å². The van der Waals surface area contributed by atoms with Crippen molar-refractivity contribution in [2.75, 3.05) is 0 Å². The number of benzene rings is 1. The van der Waals surface area contributed by atoms with Gasteiger partial charge in [-0.25, -0.2) is 0 Å². The van der Waals surface area contributed by atoms with Crippen molar-refractivity contribution in [1.29, 1.82) is 0 Å². The third kappa shape index (κ3) is 2.45. The van der Waals surface area contributed by atoms with Gasteiger partial charge in [-0.15, -0.1) is 0 Å². The first-order valence-corrected chi connectivity index (χ1v) is 7.36. The van der Waals surface area contributed by atoms with Gasteiger partial charge >= 0.3 is 0 Å². The van der Waals surface area contributed by atoms with Crippen molar-refractivity contribution < 1.29 is 5.11 Å². The fourth-order valence-corrected chi connectivity index (χ4v) is 3.49. The van der Waals surface area contributed by atoms with Crippen molar-refractivity contribution in [3.63, 3.8) is 0 Å². The summed E-state index contributed by atoms with van der Waals surface area (Å²) in [5.41, 5.74) is 2.95. The number of rotatable bonds is 2. The topological polar surface area (TPSA) is 32.3 Å². The maximum Gasteiger partial charge on any atom is 0.0693 e. The van der Waals surface area contributed by atoms with E-state index < -0.39 is 0 Å². The van der Waals surface area contributed by atoms with E-state index in [1.165, 1.54) is 43.2 Å². The first kappa shape index (κ1) is 12.2. The van der Waals surface area contributed by atoms with Gasteiger partial charge in [-0.2, -0.15) is 0 Å². The van der Waals surface area contributed by atoms with Gasteiger partial charge < -0.3 is 10.4 Å². The summed E-state index contributed by atoms with van der Waals surface area (Å²) in [4.78, 5) is 0. The molecule has 1 fully saturated rings. The fourth-order valence-electron chi connectivity index (χ4n) is 3.49. The van der Waals surface area contributed by atoms with E-state index in [4.69, 9.17) is 0 Å². The van der Waals surface area contributed by atoms with Crippen molar-refractivity contribution in [2.45, 2.75) is 63.1 Å². The highest BCUT2D eigenvalue weighted by Gasteiger charge is 2.27. The average Bonchev–Trinajstić information content (AvgIpc) is 2.42. The number of aliphatic hydroxyl groups is 1. The van der Waals surface area contributed by atoms with Gasteiger partial charge in [-0.05, 0) is 43.2 Å². The molecule has 2 nitrogen and oxygen atoms in total. The van der Waals surface area contributed by atoms with Crippen molar-refractivity contribution >= 4 is 0 Å². The molecule has 98 valence electrons. The van der Waals surface area contributed by atoms with Crippen molar-refractivity contribution in [1.82, 2.24) is 5.32 Å². The van der Waals surface area contributed by atoms with Crippen LogP contribution < -0.4 is 5.32 Å². The van der Waals surface area contributed by atoms with Crippen LogP contribution in [-0.4, -0.2) is 17.3 Å². The third-order valence-electron chi connectivity index (χ3n) is 4.51. The number of fused-ring (bicyclic) bond motifs is 1.